The van der Waals surface area contributed by atoms with Gasteiger partial charge in [-0.2, -0.15) is 13.2 Å². The fraction of sp³-hybridized carbons (Fsp3) is 0.500. The first-order valence-electron chi connectivity index (χ1n) is 5.36. The molecule has 0 unspecified atom stereocenters. The first kappa shape index (κ1) is 12.6. The molecule has 2 rings (SSSR count). The summed E-state index contributed by atoms with van der Waals surface area (Å²) < 4.78 is 37.6. The van der Waals surface area contributed by atoms with Gasteiger partial charge in [-0.1, -0.05) is 0 Å². The van der Waals surface area contributed by atoms with Crippen molar-refractivity contribution in [3.63, 3.8) is 0 Å². The Bertz CT molecular complexity index is 455. The van der Waals surface area contributed by atoms with Crippen LogP contribution in [0.1, 0.15) is 18.4 Å². The molecule has 0 amide bonds. The minimum Gasteiger partial charge on any atom is -0.384 e. The summed E-state index contributed by atoms with van der Waals surface area (Å²) in [7, 11) is 0. The summed E-state index contributed by atoms with van der Waals surface area (Å²) in [5.41, 5.74) is 5.47. The standard InChI is InChI=1S/C10H12F3N5/c11-10(12,13)4-18(6-1-2-6)9-7(8(14)15)3-16-5-17-9/h3,5-6H,1-2,4H2,(H3,14,15). The number of amidine groups is 1. The van der Waals surface area contributed by atoms with Crippen molar-refractivity contribution in [1.29, 1.82) is 5.41 Å². The van der Waals surface area contributed by atoms with E-state index in [0.717, 1.165) is 11.2 Å². The van der Waals surface area contributed by atoms with Crippen LogP contribution in [0.25, 0.3) is 0 Å². The largest absolute Gasteiger partial charge is 0.405 e. The summed E-state index contributed by atoms with van der Waals surface area (Å²) in [6.45, 7) is -1.09. The fourth-order valence-electron chi connectivity index (χ4n) is 1.70. The van der Waals surface area contributed by atoms with Gasteiger partial charge in [0.05, 0.1) is 5.56 Å². The lowest BCUT2D eigenvalue weighted by molar-refractivity contribution is -0.120. The number of nitrogens with two attached hydrogens (primary N) is 1. The Morgan fingerprint density at radius 3 is 2.67 bits per heavy atom. The third-order valence-corrected chi connectivity index (χ3v) is 2.59. The highest BCUT2D eigenvalue weighted by molar-refractivity contribution is 5.99. The van der Waals surface area contributed by atoms with Crippen LogP contribution in [0.3, 0.4) is 0 Å². The number of anilines is 1. The molecule has 18 heavy (non-hydrogen) atoms. The lowest BCUT2D eigenvalue weighted by Gasteiger charge is -2.26. The molecular formula is C10H12F3N5. The summed E-state index contributed by atoms with van der Waals surface area (Å²) >= 11 is 0. The maximum Gasteiger partial charge on any atom is 0.405 e. The minimum absolute atomic E-state index is 0.0809. The number of hydrogen-bond acceptors (Lipinski definition) is 4. The second-order valence-corrected chi connectivity index (χ2v) is 4.15. The zero-order valence-corrected chi connectivity index (χ0v) is 9.41. The van der Waals surface area contributed by atoms with Crippen LogP contribution < -0.4 is 10.6 Å². The summed E-state index contributed by atoms with van der Waals surface area (Å²) in [5, 5.41) is 7.35. The molecular weight excluding hydrogens is 247 g/mol. The van der Waals surface area contributed by atoms with Gasteiger partial charge in [0.15, 0.2) is 0 Å². The zero-order valence-electron chi connectivity index (χ0n) is 9.41. The van der Waals surface area contributed by atoms with E-state index in [4.69, 9.17) is 11.1 Å². The predicted octanol–water partition coefficient (Wildman–Crippen LogP) is 1.29. The molecule has 1 aromatic heterocycles. The summed E-state index contributed by atoms with van der Waals surface area (Å²) in [6, 6.07) is -0.181. The van der Waals surface area contributed by atoms with Gasteiger partial charge in [0.25, 0.3) is 0 Å². The van der Waals surface area contributed by atoms with Gasteiger partial charge in [-0.05, 0) is 12.8 Å². The average molecular weight is 259 g/mol. The van der Waals surface area contributed by atoms with Gasteiger partial charge in [-0.15, -0.1) is 0 Å². The Kier molecular flexibility index (Phi) is 3.10. The second-order valence-electron chi connectivity index (χ2n) is 4.15. The molecule has 1 heterocycles. The number of aromatic nitrogens is 2. The minimum atomic E-state index is -4.32. The van der Waals surface area contributed by atoms with Gasteiger partial charge in [-0.3, -0.25) is 5.41 Å². The smallest absolute Gasteiger partial charge is 0.384 e. The van der Waals surface area contributed by atoms with Gasteiger partial charge in [0, 0.05) is 12.2 Å². The quantitative estimate of drug-likeness (QED) is 0.631. The molecule has 1 saturated carbocycles. The van der Waals surface area contributed by atoms with E-state index in [1.165, 1.54) is 6.20 Å². The molecule has 0 bridgehead atoms. The summed E-state index contributed by atoms with van der Waals surface area (Å²) in [5.74, 6) is -0.254. The van der Waals surface area contributed by atoms with Crippen LogP contribution in [-0.4, -0.2) is 34.6 Å². The van der Waals surface area contributed by atoms with Crippen molar-refractivity contribution < 1.29 is 13.2 Å². The van der Waals surface area contributed by atoms with E-state index in [-0.39, 0.29) is 23.3 Å². The molecule has 0 atom stereocenters. The third-order valence-electron chi connectivity index (χ3n) is 2.59. The molecule has 5 nitrogen and oxygen atoms in total. The van der Waals surface area contributed by atoms with Crippen molar-refractivity contribution in [3.05, 3.63) is 18.1 Å². The van der Waals surface area contributed by atoms with Crippen molar-refractivity contribution in [2.24, 2.45) is 5.73 Å². The zero-order chi connectivity index (χ0) is 13.3. The maximum atomic E-state index is 12.5. The van der Waals surface area contributed by atoms with E-state index in [2.05, 4.69) is 9.97 Å². The number of nitrogen functional groups attached to an aromatic ring is 1. The lowest BCUT2D eigenvalue weighted by Crippen LogP contribution is -2.38. The van der Waals surface area contributed by atoms with Crippen LogP contribution in [0.5, 0.6) is 0 Å². The van der Waals surface area contributed by atoms with Crippen molar-refractivity contribution in [1.82, 2.24) is 9.97 Å². The Labute approximate surface area is 101 Å². The van der Waals surface area contributed by atoms with Crippen LogP contribution in [0.2, 0.25) is 0 Å². The second kappa shape index (κ2) is 4.43. The van der Waals surface area contributed by atoms with Gasteiger partial charge in [-0.25, -0.2) is 9.97 Å². The van der Waals surface area contributed by atoms with Crippen molar-refractivity contribution in [3.8, 4) is 0 Å². The molecule has 0 radical (unpaired) electrons. The van der Waals surface area contributed by atoms with Crippen molar-refractivity contribution in [2.75, 3.05) is 11.4 Å². The first-order valence-corrected chi connectivity index (χ1v) is 5.36. The van der Waals surface area contributed by atoms with Gasteiger partial charge in [0.2, 0.25) is 0 Å². The van der Waals surface area contributed by atoms with E-state index in [9.17, 15) is 13.2 Å². The number of rotatable bonds is 4. The van der Waals surface area contributed by atoms with Crippen LogP contribution in [0.4, 0.5) is 19.0 Å². The highest BCUT2D eigenvalue weighted by atomic mass is 19.4. The Hall–Kier alpha value is -1.86. The maximum absolute atomic E-state index is 12.5. The van der Waals surface area contributed by atoms with Crippen LogP contribution in [-0.2, 0) is 0 Å². The van der Waals surface area contributed by atoms with E-state index < -0.39 is 12.7 Å². The molecule has 1 aliphatic carbocycles. The number of hydrogen-bond donors (Lipinski definition) is 2. The fourth-order valence-corrected chi connectivity index (χ4v) is 1.70. The normalized spacial score (nSPS) is 15.5. The van der Waals surface area contributed by atoms with Crippen LogP contribution >= 0.6 is 0 Å². The molecule has 1 aliphatic rings. The van der Waals surface area contributed by atoms with E-state index in [0.29, 0.717) is 12.8 Å². The topological polar surface area (TPSA) is 78.9 Å². The van der Waals surface area contributed by atoms with Gasteiger partial charge >= 0.3 is 6.18 Å². The Balaban J connectivity index is 2.33. The van der Waals surface area contributed by atoms with Crippen molar-refractivity contribution in [2.45, 2.75) is 25.1 Å². The van der Waals surface area contributed by atoms with Crippen LogP contribution in [0, 0.1) is 5.41 Å². The summed E-state index contributed by atoms with van der Waals surface area (Å²) in [6.07, 6.45) is -0.513. The number of nitrogens with one attached hydrogen (secondary N) is 1. The molecule has 0 saturated heterocycles. The van der Waals surface area contributed by atoms with Gasteiger partial charge < -0.3 is 10.6 Å². The molecule has 98 valence electrons. The molecule has 1 aromatic rings. The third kappa shape index (κ3) is 2.88. The Morgan fingerprint density at radius 2 is 2.17 bits per heavy atom. The molecule has 8 heteroatoms. The number of halogens is 3. The first-order chi connectivity index (χ1) is 8.38. The van der Waals surface area contributed by atoms with Gasteiger partial charge in [0.1, 0.15) is 24.5 Å². The van der Waals surface area contributed by atoms with E-state index >= 15 is 0 Å². The predicted molar refractivity (Wildman–Crippen MR) is 59.5 cm³/mol. The number of alkyl halides is 3. The highest BCUT2D eigenvalue weighted by Crippen LogP contribution is 2.34. The SMILES string of the molecule is N=C(N)c1cncnc1N(CC(F)(F)F)C1CC1. The lowest BCUT2D eigenvalue weighted by atomic mass is 10.2. The average Bonchev–Trinajstić information content (AvgIpc) is 3.08. The molecule has 0 aliphatic heterocycles. The van der Waals surface area contributed by atoms with E-state index in [1.807, 2.05) is 0 Å². The van der Waals surface area contributed by atoms with Crippen molar-refractivity contribution >= 4 is 11.7 Å². The monoisotopic (exact) mass is 259 g/mol. The Morgan fingerprint density at radius 1 is 1.50 bits per heavy atom. The number of nitrogens with zero attached hydrogens (tertiary/aromatic N) is 3. The molecule has 0 aromatic carbocycles. The molecule has 3 N–H and O–H groups in total. The summed E-state index contributed by atoms with van der Waals surface area (Å²) in [4.78, 5) is 8.68. The molecule has 0 spiro atoms. The van der Waals surface area contributed by atoms with Crippen LogP contribution in [0.15, 0.2) is 12.5 Å². The van der Waals surface area contributed by atoms with E-state index in [1.54, 1.807) is 0 Å². The molecule has 1 fully saturated rings. The highest BCUT2D eigenvalue weighted by Gasteiger charge is 2.39.